The van der Waals surface area contributed by atoms with Gasteiger partial charge in [-0.15, -0.1) is 6.58 Å². The van der Waals surface area contributed by atoms with E-state index in [1.54, 1.807) is 17.9 Å². The Morgan fingerprint density at radius 3 is 2.71 bits per heavy atom. The summed E-state index contributed by atoms with van der Waals surface area (Å²) in [5.74, 6) is -0.625. The van der Waals surface area contributed by atoms with E-state index in [4.69, 9.17) is 4.74 Å². The molecule has 1 aliphatic heterocycles. The van der Waals surface area contributed by atoms with Gasteiger partial charge in [0.15, 0.2) is 0 Å². The number of carbonyl (C=O) groups is 2. The van der Waals surface area contributed by atoms with Crippen molar-refractivity contribution in [3.63, 3.8) is 0 Å². The standard InChI is InChI=1S/C20H25NO3/c1-6-10-21-15(5)19(20(23)24-13(2)3)17(12-18(21)22)16-9-7-8-14(4)11-16/h6-9,11,13,17H,1,10,12H2,2-5H3/t17-/m0/s1. The Hall–Kier alpha value is -2.36. The highest BCUT2D eigenvalue weighted by Gasteiger charge is 2.36. The maximum Gasteiger partial charge on any atom is 0.336 e. The summed E-state index contributed by atoms with van der Waals surface area (Å²) in [7, 11) is 0. The van der Waals surface area contributed by atoms with E-state index in [-0.39, 0.29) is 30.3 Å². The first kappa shape index (κ1) is 18.0. The molecule has 2 rings (SSSR count). The Kier molecular flexibility index (Phi) is 5.60. The number of esters is 1. The summed E-state index contributed by atoms with van der Waals surface area (Å²) in [6.07, 6.45) is 1.72. The fourth-order valence-corrected chi connectivity index (χ4v) is 3.08. The molecule has 1 aromatic carbocycles. The van der Waals surface area contributed by atoms with Crippen molar-refractivity contribution in [1.82, 2.24) is 4.90 Å². The van der Waals surface area contributed by atoms with Gasteiger partial charge >= 0.3 is 5.97 Å². The van der Waals surface area contributed by atoms with Gasteiger partial charge in [-0.2, -0.15) is 0 Å². The molecule has 1 amide bonds. The smallest absolute Gasteiger partial charge is 0.336 e. The molecule has 128 valence electrons. The van der Waals surface area contributed by atoms with E-state index in [2.05, 4.69) is 6.58 Å². The highest BCUT2D eigenvalue weighted by Crippen LogP contribution is 2.37. The number of hydrogen-bond acceptors (Lipinski definition) is 3. The normalized spacial score (nSPS) is 18.1. The number of nitrogens with zero attached hydrogens (tertiary/aromatic N) is 1. The molecule has 4 heteroatoms. The Balaban J connectivity index is 2.53. The fourth-order valence-electron chi connectivity index (χ4n) is 3.08. The van der Waals surface area contributed by atoms with E-state index in [0.717, 1.165) is 11.1 Å². The number of ether oxygens (including phenoxy) is 1. The molecule has 0 radical (unpaired) electrons. The van der Waals surface area contributed by atoms with Crippen molar-refractivity contribution in [3.05, 3.63) is 59.3 Å². The average Bonchev–Trinajstić information content (AvgIpc) is 2.50. The Labute approximate surface area is 143 Å². The van der Waals surface area contributed by atoms with Crippen LogP contribution in [0.4, 0.5) is 0 Å². The van der Waals surface area contributed by atoms with Crippen molar-refractivity contribution in [2.45, 2.75) is 46.1 Å². The maximum absolute atomic E-state index is 12.7. The van der Waals surface area contributed by atoms with Gasteiger partial charge in [0.05, 0.1) is 11.7 Å². The Morgan fingerprint density at radius 2 is 2.12 bits per heavy atom. The molecule has 0 spiro atoms. The third-order valence-electron chi connectivity index (χ3n) is 4.14. The van der Waals surface area contributed by atoms with Gasteiger partial charge < -0.3 is 9.64 Å². The third-order valence-corrected chi connectivity index (χ3v) is 4.14. The lowest BCUT2D eigenvalue weighted by Crippen LogP contribution is -2.38. The largest absolute Gasteiger partial charge is 0.460 e. The lowest BCUT2D eigenvalue weighted by molar-refractivity contribution is -0.143. The van der Waals surface area contributed by atoms with Crippen molar-refractivity contribution >= 4 is 11.9 Å². The van der Waals surface area contributed by atoms with E-state index in [0.29, 0.717) is 17.8 Å². The highest BCUT2D eigenvalue weighted by atomic mass is 16.5. The van der Waals surface area contributed by atoms with Crippen LogP contribution in [0, 0.1) is 6.92 Å². The van der Waals surface area contributed by atoms with Gasteiger partial charge in [-0.25, -0.2) is 4.79 Å². The molecule has 0 unspecified atom stereocenters. The number of rotatable bonds is 5. The average molecular weight is 327 g/mol. The van der Waals surface area contributed by atoms with E-state index >= 15 is 0 Å². The molecule has 1 atom stereocenters. The van der Waals surface area contributed by atoms with Crippen molar-refractivity contribution in [3.8, 4) is 0 Å². The molecule has 1 aromatic rings. The highest BCUT2D eigenvalue weighted by molar-refractivity contribution is 5.96. The van der Waals surface area contributed by atoms with E-state index < -0.39 is 0 Å². The molecule has 0 bridgehead atoms. The zero-order chi connectivity index (χ0) is 17.9. The summed E-state index contributed by atoms with van der Waals surface area (Å²) in [5.41, 5.74) is 3.29. The summed E-state index contributed by atoms with van der Waals surface area (Å²) in [4.78, 5) is 26.9. The van der Waals surface area contributed by atoms with E-state index in [9.17, 15) is 9.59 Å². The summed E-state index contributed by atoms with van der Waals surface area (Å²) in [5, 5.41) is 0. The number of aryl methyl sites for hydroxylation is 1. The van der Waals surface area contributed by atoms with Gasteiger partial charge in [-0.1, -0.05) is 35.9 Å². The first-order valence-corrected chi connectivity index (χ1v) is 8.24. The number of carbonyl (C=O) groups excluding carboxylic acids is 2. The van der Waals surface area contributed by atoms with Crippen LogP contribution in [0.5, 0.6) is 0 Å². The molecule has 0 fully saturated rings. The predicted molar refractivity (Wildman–Crippen MR) is 94.4 cm³/mol. The quantitative estimate of drug-likeness (QED) is 0.611. The number of benzene rings is 1. The monoisotopic (exact) mass is 327 g/mol. The molecule has 0 aromatic heterocycles. The van der Waals surface area contributed by atoms with Crippen LogP contribution in [-0.4, -0.2) is 29.4 Å². The summed E-state index contributed by atoms with van der Waals surface area (Å²) in [6.45, 7) is 11.5. The van der Waals surface area contributed by atoms with Crippen molar-refractivity contribution in [2.24, 2.45) is 0 Å². The minimum Gasteiger partial charge on any atom is -0.460 e. The van der Waals surface area contributed by atoms with Crippen LogP contribution < -0.4 is 0 Å². The van der Waals surface area contributed by atoms with Gasteiger partial charge in [0, 0.05) is 24.6 Å². The first-order valence-electron chi connectivity index (χ1n) is 8.24. The minimum atomic E-state index is -0.351. The van der Waals surface area contributed by atoms with Gasteiger partial charge in [0.1, 0.15) is 0 Å². The zero-order valence-corrected chi connectivity index (χ0v) is 14.8. The molecule has 0 aliphatic carbocycles. The van der Waals surface area contributed by atoms with Crippen LogP contribution in [-0.2, 0) is 14.3 Å². The molecular formula is C20H25NO3. The van der Waals surface area contributed by atoms with Crippen LogP contribution in [0.2, 0.25) is 0 Å². The maximum atomic E-state index is 12.7. The first-order chi connectivity index (χ1) is 11.3. The lowest BCUT2D eigenvalue weighted by Gasteiger charge is -2.34. The van der Waals surface area contributed by atoms with Crippen LogP contribution in [0.25, 0.3) is 0 Å². The molecule has 1 heterocycles. The van der Waals surface area contributed by atoms with Crippen LogP contribution in [0.15, 0.2) is 48.2 Å². The third kappa shape index (κ3) is 3.75. The summed E-state index contributed by atoms with van der Waals surface area (Å²) >= 11 is 0. The zero-order valence-electron chi connectivity index (χ0n) is 14.8. The predicted octanol–water partition coefficient (Wildman–Crippen LogP) is 3.72. The molecule has 24 heavy (non-hydrogen) atoms. The molecule has 0 saturated carbocycles. The topological polar surface area (TPSA) is 46.6 Å². The van der Waals surface area contributed by atoms with Crippen molar-refractivity contribution < 1.29 is 14.3 Å². The van der Waals surface area contributed by atoms with Crippen molar-refractivity contribution in [2.75, 3.05) is 6.54 Å². The van der Waals surface area contributed by atoms with E-state index in [1.165, 1.54) is 0 Å². The van der Waals surface area contributed by atoms with Crippen LogP contribution in [0.3, 0.4) is 0 Å². The Morgan fingerprint density at radius 1 is 1.42 bits per heavy atom. The number of allylic oxidation sites excluding steroid dienone is 1. The van der Waals surface area contributed by atoms with Gasteiger partial charge in [0.2, 0.25) is 5.91 Å². The van der Waals surface area contributed by atoms with E-state index in [1.807, 2.05) is 45.0 Å². The summed E-state index contributed by atoms with van der Waals surface area (Å²) in [6, 6.07) is 7.94. The van der Waals surface area contributed by atoms with Gasteiger partial charge in [-0.05, 0) is 33.3 Å². The molecule has 4 nitrogen and oxygen atoms in total. The Bertz CT molecular complexity index is 688. The molecule has 0 N–H and O–H groups in total. The van der Waals surface area contributed by atoms with Gasteiger partial charge in [-0.3, -0.25) is 4.79 Å². The number of hydrogen-bond donors (Lipinski definition) is 0. The second-order valence-corrected chi connectivity index (χ2v) is 6.42. The van der Waals surface area contributed by atoms with Crippen LogP contribution in [0.1, 0.15) is 44.2 Å². The summed E-state index contributed by atoms with van der Waals surface area (Å²) < 4.78 is 5.44. The SMILES string of the molecule is C=CCN1C(=O)C[C@@H](c2cccc(C)c2)C(C(=O)OC(C)C)=C1C. The van der Waals surface area contributed by atoms with Crippen molar-refractivity contribution in [1.29, 1.82) is 0 Å². The second-order valence-electron chi connectivity index (χ2n) is 6.42. The molecule has 1 aliphatic rings. The molecular weight excluding hydrogens is 302 g/mol. The lowest BCUT2D eigenvalue weighted by atomic mass is 9.83. The fraction of sp³-hybridized carbons (Fsp3) is 0.400. The number of amides is 1. The molecule has 0 saturated heterocycles. The second kappa shape index (κ2) is 7.47. The van der Waals surface area contributed by atoms with Crippen LogP contribution >= 0.6 is 0 Å². The van der Waals surface area contributed by atoms with Gasteiger partial charge in [0.25, 0.3) is 0 Å². The minimum absolute atomic E-state index is 0.00000283.